The van der Waals surface area contributed by atoms with E-state index in [1.165, 1.54) is 6.07 Å². The molecule has 0 saturated carbocycles. The van der Waals surface area contributed by atoms with Crippen LogP contribution in [0, 0.1) is 19.7 Å². The highest BCUT2D eigenvalue weighted by Crippen LogP contribution is 2.23. The van der Waals surface area contributed by atoms with Crippen LogP contribution in [-0.2, 0) is 6.54 Å². The molecule has 6 heteroatoms. The second-order valence-electron chi connectivity index (χ2n) is 5.90. The maximum Gasteiger partial charge on any atom is 0.165 e. The lowest BCUT2D eigenvalue weighted by atomic mass is 10.2. The van der Waals surface area contributed by atoms with E-state index in [0.29, 0.717) is 19.0 Å². The Balaban J connectivity index is 1.81. The normalized spacial score (nSPS) is 10.6. The van der Waals surface area contributed by atoms with Crippen molar-refractivity contribution in [3.8, 4) is 17.1 Å². The molecule has 2 aromatic heterocycles. The van der Waals surface area contributed by atoms with Gasteiger partial charge in [-0.25, -0.2) is 14.4 Å². The number of nitrogens with one attached hydrogen (secondary N) is 1. The molecular formula is C20H21FN4O. The highest BCUT2D eigenvalue weighted by molar-refractivity contribution is 5.58. The topological polar surface area (TPSA) is 59.9 Å². The number of nitrogens with zero attached hydrogens (tertiary/aromatic N) is 3. The van der Waals surface area contributed by atoms with E-state index >= 15 is 0 Å². The highest BCUT2D eigenvalue weighted by atomic mass is 19.1. The zero-order valence-corrected chi connectivity index (χ0v) is 15.1. The lowest BCUT2D eigenvalue weighted by Crippen LogP contribution is -2.07. The lowest BCUT2D eigenvalue weighted by molar-refractivity contribution is 0.321. The number of anilines is 1. The fourth-order valence-electron chi connectivity index (χ4n) is 2.54. The molecular weight excluding hydrogens is 331 g/mol. The largest absolute Gasteiger partial charge is 0.491 e. The summed E-state index contributed by atoms with van der Waals surface area (Å²) >= 11 is 0. The summed E-state index contributed by atoms with van der Waals surface area (Å²) in [5.74, 6) is 1.24. The predicted octanol–water partition coefficient (Wildman–Crippen LogP) is 4.31. The van der Waals surface area contributed by atoms with Gasteiger partial charge in [0.15, 0.2) is 17.4 Å². The molecule has 0 aliphatic rings. The molecule has 3 aromatic rings. The highest BCUT2D eigenvalue weighted by Gasteiger charge is 2.10. The molecule has 0 fully saturated rings. The van der Waals surface area contributed by atoms with Crippen molar-refractivity contribution in [3.05, 3.63) is 65.4 Å². The first-order valence-electron chi connectivity index (χ1n) is 8.49. The van der Waals surface area contributed by atoms with Crippen molar-refractivity contribution in [3.63, 3.8) is 0 Å². The van der Waals surface area contributed by atoms with Crippen LogP contribution in [0.4, 0.5) is 10.2 Å². The van der Waals surface area contributed by atoms with Crippen LogP contribution in [0.15, 0.2) is 42.7 Å². The van der Waals surface area contributed by atoms with Crippen LogP contribution in [0.5, 0.6) is 5.75 Å². The van der Waals surface area contributed by atoms with Crippen LogP contribution < -0.4 is 10.1 Å². The van der Waals surface area contributed by atoms with Crippen LogP contribution in [0.2, 0.25) is 0 Å². The summed E-state index contributed by atoms with van der Waals surface area (Å²) in [5, 5.41) is 3.28. The molecule has 0 saturated heterocycles. The Morgan fingerprint density at radius 3 is 2.69 bits per heavy atom. The van der Waals surface area contributed by atoms with E-state index in [1.54, 1.807) is 18.5 Å². The number of hydrogen-bond donors (Lipinski definition) is 1. The standard InChI is InChI=1S/C20H21FN4O/c1-4-26-18-8-7-15(10-17(18)21)11-23-19-13(2)14(3)24-20(25-19)16-6-5-9-22-12-16/h5-10,12H,4,11H2,1-3H3,(H,23,24,25). The van der Waals surface area contributed by atoms with E-state index in [-0.39, 0.29) is 11.6 Å². The van der Waals surface area contributed by atoms with Gasteiger partial charge in [-0.3, -0.25) is 4.98 Å². The van der Waals surface area contributed by atoms with E-state index in [0.717, 1.165) is 28.2 Å². The van der Waals surface area contributed by atoms with E-state index in [4.69, 9.17) is 4.74 Å². The molecule has 134 valence electrons. The number of halogens is 1. The number of aromatic nitrogens is 3. The minimum absolute atomic E-state index is 0.268. The first-order chi connectivity index (χ1) is 12.6. The van der Waals surface area contributed by atoms with Crippen molar-refractivity contribution in [1.82, 2.24) is 15.0 Å². The average Bonchev–Trinajstić information content (AvgIpc) is 2.65. The Kier molecular flexibility index (Phi) is 5.41. The van der Waals surface area contributed by atoms with Crippen LogP contribution in [0.25, 0.3) is 11.4 Å². The van der Waals surface area contributed by atoms with Crippen LogP contribution in [-0.4, -0.2) is 21.6 Å². The van der Waals surface area contributed by atoms with Crippen LogP contribution in [0.3, 0.4) is 0 Å². The summed E-state index contributed by atoms with van der Waals surface area (Å²) < 4.78 is 19.2. The summed E-state index contributed by atoms with van der Waals surface area (Å²) in [6.07, 6.45) is 3.44. The van der Waals surface area contributed by atoms with Gasteiger partial charge in [0, 0.05) is 35.8 Å². The van der Waals surface area contributed by atoms with Crippen molar-refractivity contribution in [1.29, 1.82) is 0 Å². The Hall–Kier alpha value is -3.02. The second kappa shape index (κ2) is 7.91. The van der Waals surface area contributed by atoms with Gasteiger partial charge in [0.1, 0.15) is 5.82 Å². The Labute approximate surface area is 152 Å². The molecule has 1 aromatic carbocycles. The zero-order valence-electron chi connectivity index (χ0n) is 15.1. The van der Waals surface area contributed by atoms with E-state index in [2.05, 4.69) is 20.3 Å². The number of hydrogen-bond acceptors (Lipinski definition) is 5. The molecule has 0 unspecified atom stereocenters. The van der Waals surface area contributed by atoms with Gasteiger partial charge < -0.3 is 10.1 Å². The molecule has 0 radical (unpaired) electrons. The van der Waals surface area contributed by atoms with Gasteiger partial charge >= 0.3 is 0 Å². The molecule has 3 rings (SSSR count). The van der Waals surface area contributed by atoms with Gasteiger partial charge in [-0.2, -0.15) is 0 Å². The van der Waals surface area contributed by atoms with Crippen molar-refractivity contribution < 1.29 is 9.13 Å². The lowest BCUT2D eigenvalue weighted by Gasteiger charge is -2.13. The molecule has 1 N–H and O–H groups in total. The molecule has 0 aliphatic heterocycles. The molecule has 0 amide bonds. The van der Waals surface area contributed by atoms with Gasteiger partial charge in [0.2, 0.25) is 0 Å². The number of benzene rings is 1. The summed E-state index contributed by atoms with van der Waals surface area (Å²) in [7, 11) is 0. The Morgan fingerprint density at radius 1 is 1.15 bits per heavy atom. The number of ether oxygens (including phenoxy) is 1. The third-order valence-corrected chi connectivity index (χ3v) is 4.07. The minimum atomic E-state index is -0.363. The van der Waals surface area contributed by atoms with E-state index < -0.39 is 0 Å². The molecule has 0 bridgehead atoms. The maximum atomic E-state index is 14.0. The first kappa shape index (κ1) is 17.8. The number of pyridine rings is 1. The molecule has 0 spiro atoms. The average molecular weight is 352 g/mol. The van der Waals surface area contributed by atoms with Gasteiger partial charge in [0.05, 0.1) is 6.61 Å². The second-order valence-corrected chi connectivity index (χ2v) is 5.90. The fraction of sp³-hybridized carbons (Fsp3) is 0.250. The van der Waals surface area contributed by atoms with Crippen molar-refractivity contribution in [2.24, 2.45) is 0 Å². The van der Waals surface area contributed by atoms with Crippen molar-refractivity contribution in [2.45, 2.75) is 27.3 Å². The maximum absolute atomic E-state index is 14.0. The van der Waals surface area contributed by atoms with Crippen LogP contribution in [0.1, 0.15) is 23.7 Å². The van der Waals surface area contributed by atoms with Gasteiger partial charge in [-0.05, 0) is 50.6 Å². The monoisotopic (exact) mass is 352 g/mol. The van der Waals surface area contributed by atoms with E-state index in [9.17, 15) is 4.39 Å². The van der Waals surface area contributed by atoms with Gasteiger partial charge in [-0.15, -0.1) is 0 Å². The number of aryl methyl sites for hydroxylation is 1. The molecule has 5 nitrogen and oxygen atoms in total. The smallest absolute Gasteiger partial charge is 0.165 e. The molecule has 0 aliphatic carbocycles. The van der Waals surface area contributed by atoms with Crippen molar-refractivity contribution >= 4 is 5.82 Å². The number of rotatable bonds is 6. The summed E-state index contributed by atoms with van der Waals surface area (Å²) in [5.41, 5.74) is 3.51. The first-order valence-corrected chi connectivity index (χ1v) is 8.49. The molecule has 0 atom stereocenters. The zero-order chi connectivity index (χ0) is 18.5. The SMILES string of the molecule is CCOc1ccc(CNc2nc(-c3cccnc3)nc(C)c2C)cc1F. The fourth-order valence-corrected chi connectivity index (χ4v) is 2.54. The Morgan fingerprint density at radius 2 is 2.00 bits per heavy atom. The third-order valence-electron chi connectivity index (χ3n) is 4.07. The summed E-state index contributed by atoms with van der Waals surface area (Å²) in [6.45, 7) is 6.62. The quantitative estimate of drug-likeness (QED) is 0.716. The van der Waals surface area contributed by atoms with E-state index in [1.807, 2.05) is 39.0 Å². The summed E-state index contributed by atoms with van der Waals surface area (Å²) in [6, 6.07) is 8.73. The summed E-state index contributed by atoms with van der Waals surface area (Å²) in [4.78, 5) is 13.3. The van der Waals surface area contributed by atoms with Crippen molar-refractivity contribution in [2.75, 3.05) is 11.9 Å². The predicted molar refractivity (Wildman–Crippen MR) is 99.6 cm³/mol. The van der Waals surface area contributed by atoms with Gasteiger partial charge in [0.25, 0.3) is 0 Å². The third kappa shape index (κ3) is 3.96. The molecule has 26 heavy (non-hydrogen) atoms. The van der Waals surface area contributed by atoms with Gasteiger partial charge in [-0.1, -0.05) is 6.07 Å². The molecule has 2 heterocycles. The Bertz CT molecular complexity index is 900. The van der Waals surface area contributed by atoms with Crippen LogP contribution >= 0.6 is 0 Å². The minimum Gasteiger partial charge on any atom is -0.491 e.